The second kappa shape index (κ2) is 8.69. The highest BCUT2D eigenvalue weighted by molar-refractivity contribution is 5.77. The van der Waals surface area contributed by atoms with E-state index < -0.39 is 11.9 Å². The summed E-state index contributed by atoms with van der Waals surface area (Å²) in [5.41, 5.74) is 0.589. The zero-order chi connectivity index (χ0) is 21.2. The van der Waals surface area contributed by atoms with Gasteiger partial charge in [-0.25, -0.2) is 9.18 Å². The molecule has 29 heavy (non-hydrogen) atoms. The zero-order valence-corrected chi connectivity index (χ0v) is 17.7. The first-order valence-corrected chi connectivity index (χ1v) is 10.4. The Hall–Kier alpha value is -2.15. The number of ether oxygens (including phenoxy) is 2. The smallest absolute Gasteiger partial charge is 0.337 e. The van der Waals surface area contributed by atoms with Crippen molar-refractivity contribution in [2.45, 2.75) is 64.9 Å². The molecule has 1 aromatic rings. The number of benzene rings is 1. The Morgan fingerprint density at radius 1 is 1.31 bits per heavy atom. The minimum Gasteiger partial charge on any atom is -0.432 e. The summed E-state index contributed by atoms with van der Waals surface area (Å²) in [5, 5.41) is 0. The van der Waals surface area contributed by atoms with Gasteiger partial charge in [-0.05, 0) is 37.8 Å². The van der Waals surface area contributed by atoms with E-state index in [1.165, 1.54) is 6.07 Å². The van der Waals surface area contributed by atoms with E-state index >= 15 is 0 Å². The van der Waals surface area contributed by atoms with Crippen molar-refractivity contribution in [2.24, 2.45) is 5.92 Å². The number of rotatable bonds is 6. The van der Waals surface area contributed by atoms with E-state index in [2.05, 4.69) is 0 Å². The van der Waals surface area contributed by atoms with Gasteiger partial charge in [-0.1, -0.05) is 19.1 Å². The molecular weight excluding hydrogens is 375 g/mol. The Bertz CT molecular complexity index is 754. The van der Waals surface area contributed by atoms with E-state index in [0.717, 1.165) is 0 Å². The highest BCUT2D eigenvalue weighted by Gasteiger charge is 2.40. The minimum absolute atomic E-state index is 0.0111. The molecule has 3 rings (SSSR count). The number of amides is 1. The molecule has 1 aromatic carbocycles. The molecule has 2 fully saturated rings. The van der Waals surface area contributed by atoms with Gasteiger partial charge in [-0.15, -0.1) is 0 Å². The SMILES string of the molecule is CC(CC[C@@H]1OC(C)(C)OC1=O)CC(=O)N1CCN(c2ccccc2F)C[C@@H]1C. The van der Waals surface area contributed by atoms with Crippen molar-refractivity contribution in [3.8, 4) is 0 Å². The van der Waals surface area contributed by atoms with E-state index in [0.29, 0.717) is 44.6 Å². The third-order valence-corrected chi connectivity index (χ3v) is 5.62. The number of anilines is 1. The van der Waals surface area contributed by atoms with Crippen LogP contribution in [0.15, 0.2) is 24.3 Å². The molecule has 7 heteroatoms. The molecule has 0 saturated carbocycles. The quantitative estimate of drug-likeness (QED) is 0.678. The summed E-state index contributed by atoms with van der Waals surface area (Å²) in [6, 6.07) is 6.76. The highest BCUT2D eigenvalue weighted by Crippen LogP contribution is 2.28. The summed E-state index contributed by atoms with van der Waals surface area (Å²) in [6.45, 7) is 9.26. The normalized spacial score (nSPS) is 25.1. The van der Waals surface area contributed by atoms with E-state index in [9.17, 15) is 14.0 Å². The number of carbonyl (C=O) groups is 2. The van der Waals surface area contributed by atoms with Crippen molar-refractivity contribution in [1.82, 2.24) is 4.90 Å². The van der Waals surface area contributed by atoms with Crippen LogP contribution in [-0.4, -0.2) is 54.3 Å². The first-order valence-electron chi connectivity index (χ1n) is 10.4. The van der Waals surface area contributed by atoms with Crippen LogP contribution in [-0.2, 0) is 19.1 Å². The molecule has 1 amide bonds. The van der Waals surface area contributed by atoms with E-state index in [-0.39, 0.29) is 29.7 Å². The molecule has 0 bridgehead atoms. The maximum Gasteiger partial charge on any atom is 0.337 e. The lowest BCUT2D eigenvalue weighted by molar-refractivity contribution is -0.161. The van der Waals surface area contributed by atoms with Crippen LogP contribution < -0.4 is 4.90 Å². The Kier molecular flexibility index (Phi) is 6.46. The number of para-hydroxylation sites is 1. The number of hydrogen-bond acceptors (Lipinski definition) is 5. The third kappa shape index (κ3) is 5.26. The minimum atomic E-state index is -0.867. The molecule has 0 radical (unpaired) electrons. The van der Waals surface area contributed by atoms with Crippen molar-refractivity contribution >= 4 is 17.6 Å². The fraction of sp³-hybridized carbons (Fsp3) is 0.636. The Balaban J connectivity index is 1.47. The van der Waals surface area contributed by atoms with Gasteiger partial charge < -0.3 is 19.3 Å². The molecule has 0 aromatic heterocycles. The van der Waals surface area contributed by atoms with Crippen molar-refractivity contribution in [2.75, 3.05) is 24.5 Å². The molecule has 0 N–H and O–H groups in total. The third-order valence-electron chi connectivity index (χ3n) is 5.62. The average molecular weight is 406 g/mol. The number of halogens is 1. The topological polar surface area (TPSA) is 59.1 Å². The van der Waals surface area contributed by atoms with Gasteiger partial charge in [0.15, 0.2) is 6.10 Å². The molecule has 2 aliphatic heterocycles. The standard InChI is InChI=1S/C22H31FN2O4/c1-15(9-10-19-21(27)29-22(3,4)28-19)13-20(26)25-12-11-24(14-16(25)2)18-8-6-5-7-17(18)23/h5-8,15-16,19H,9-14H2,1-4H3/t15?,16-,19-/m0/s1. The van der Waals surface area contributed by atoms with Gasteiger partial charge in [0, 0.05) is 45.9 Å². The number of nitrogens with zero attached hydrogens (tertiary/aromatic N) is 2. The largest absolute Gasteiger partial charge is 0.432 e. The van der Waals surface area contributed by atoms with E-state index in [1.54, 1.807) is 26.0 Å². The van der Waals surface area contributed by atoms with Crippen LogP contribution in [0.1, 0.15) is 47.0 Å². The zero-order valence-electron chi connectivity index (χ0n) is 17.7. The Morgan fingerprint density at radius 3 is 2.66 bits per heavy atom. The number of carbonyl (C=O) groups excluding carboxylic acids is 2. The summed E-state index contributed by atoms with van der Waals surface area (Å²) in [7, 11) is 0. The molecule has 2 saturated heterocycles. The van der Waals surface area contributed by atoms with Gasteiger partial charge >= 0.3 is 5.97 Å². The van der Waals surface area contributed by atoms with Crippen LogP contribution in [0, 0.1) is 11.7 Å². The number of esters is 1. The molecule has 2 heterocycles. The lowest BCUT2D eigenvalue weighted by Crippen LogP contribution is -2.54. The molecule has 3 atom stereocenters. The van der Waals surface area contributed by atoms with Crippen molar-refractivity contribution < 1.29 is 23.5 Å². The number of cyclic esters (lactones) is 1. The fourth-order valence-corrected chi connectivity index (χ4v) is 4.11. The highest BCUT2D eigenvalue weighted by atomic mass is 19.1. The van der Waals surface area contributed by atoms with E-state index in [1.807, 2.05) is 29.7 Å². The Labute approximate surface area is 171 Å². The molecule has 2 aliphatic rings. The summed E-state index contributed by atoms with van der Waals surface area (Å²) in [4.78, 5) is 28.5. The first-order chi connectivity index (χ1) is 13.7. The molecule has 0 spiro atoms. The van der Waals surface area contributed by atoms with Gasteiger partial charge in [-0.2, -0.15) is 0 Å². The van der Waals surface area contributed by atoms with Gasteiger partial charge in [0.05, 0.1) is 5.69 Å². The summed E-state index contributed by atoms with van der Waals surface area (Å²) in [5.74, 6) is -1.18. The second-order valence-corrected chi connectivity index (χ2v) is 8.65. The predicted octanol–water partition coefficient (Wildman–Crippen LogP) is 3.35. The molecule has 6 nitrogen and oxygen atoms in total. The number of piperazine rings is 1. The van der Waals surface area contributed by atoms with Crippen LogP contribution in [0.3, 0.4) is 0 Å². The average Bonchev–Trinajstić information content (AvgIpc) is 2.91. The van der Waals surface area contributed by atoms with Gasteiger partial charge in [0.1, 0.15) is 5.82 Å². The molecule has 1 unspecified atom stereocenters. The molecule has 160 valence electrons. The van der Waals surface area contributed by atoms with Gasteiger partial charge in [0.25, 0.3) is 0 Å². The van der Waals surface area contributed by atoms with Crippen molar-refractivity contribution in [3.05, 3.63) is 30.1 Å². The van der Waals surface area contributed by atoms with Crippen LogP contribution in [0.5, 0.6) is 0 Å². The van der Waals surface area contributed by atoms with Crippen molar-refractivity contribution in [1.29, 1.82) is 0 Å². The van der Waals surface area contributed by atoms with Crippen LogP contribution in [0.4, 0.5) is 10.1 Å². The maximum absolute atomic E-state index is 14.1. The number of hydrogen-bond donors (Lipinski definition) is 0. The molecule has 0 aliphatic carbocycles. The van der Waals surface area contributed by atoms with Crippen LogP contribution in [0.25, 0.3) is 0 Å². The van der Waals surface area contributed by atoms with Gasteiger partial charge in [-0.3, -0.25) is 4.79 Å². The van der Waals surface area contributed by atoms with Gasteiger partial charge in [0.2, 0.25) is 11.7 Å². The van der Waals surface area contributed by atoms with Crippen molar-refractivity contribution in [3.63, 3.8) is 0 Å². The monoisotopic (exact) mass is 406 g/mol. The van der Waals surface area contributed by atoms with Crippen LogP contribution in [0.2, 0.25) is 0 Å². The molecular formula is C22H31FN2O4. The van der Waals surface area contributed by atoms with Crippen LogP contribution >= 0.6 is 0 Å². The summed E-state index contributed by atoms with van der Waals surface area (Å²) >= 11 is 0. The maximum atomic E-state index is 14.1. The van der Waals surface area contributed by atoms with E-state index in [4.69, 9.17) is 9.47 Å². The Morgan fingerprint density at radius 2 is 2.03 bits per heavy atom. The summed E-state index contributed by atoms with van der Waals surface area (Å²) < 4.78 is 24.8. The lowest BCUT2D eigenvalue weighted by Gasteiger charge is -2.41. The summed E-state index contributed by atoms with van der Waals surface area (Å²) in [6.07, 6.45) is 1.14. The lowest BCUT2D eigenvalue weighted by atomic mass is 9.98. The first kappa shape index (κ1) is 21.6. The second-order valence-electron chi connectivity index (χ2n) is 8.65. The fourth-order valence-electron chi connectivity index (χ4n) is 4.11. The predicted molar refractivity (Wildman–Crippen MR) is 108 cm³/mol.